The van der Waals surface area contributed by atoms with Crippen molar-refractivity contribution in [1.82, 2.24) is 20.1 Å². The molecule has 0 unspecified atom stereocenters. The molecule has 1 aromatic carbocycles. The summed E-state index contributed by atoms with van der Waals surface area (Å²) in [4.78, 5) is 16.7. The van der Waals surface area contributed by atoms with Crippen molar-refractivity contribution in [2.24, 2.45) is 0 Å². The number of aliphatic hydroxyl groups excluding tert-OH is 1. The molecule has 6 heteroatoms. The summed E-state index contributed by atoms with van der Waals surface area (Å²) >= 11 is 0. The average molecular weight is 324 g/mol. The number of hydrogen-bond donors (Lipinski definition) is 2. The third-order valence-corrected chi connectivity index (χ3v) is 3.76. The monoisotopic (exact) mass is 324 g/mol. The molecule has 0 aliphatic rings. The number of pyridine rings is 1. The molecular weight excluding hydrogens is 304 g/mol. The predicted octanol–water partition coefficient (Wildman–Crippen LogP) is 1.98. The highest BCUT2D eigenvalue weighted by atomic mass is 16.3. The van der Waals surface area contributed by atoms with Crippen molar-refractivity contribution >= 4 is 16.9 Å². The minimum atomic E-state index is -0.677. The molecular formula is C18H20N4O2. The van der Waals surface area contributed by atoms with Crippen LogP contribution in [0.15, 0.2) is 48.8 Å². The first-order valence-corrected chi connectivity index (χ1v) is 7.77. The van der Waals surface area contributed by atoms with Crippen molar-refractivity contribution in [2.75, 3.05) is 6.61 Å². The molecule has 2 heterocycles. The summed E-state index contributed by atoms with van der Waals surface area (Å²) in [6.07, 6.45) is 3.24. The van der Waals surface area contributed by atoms with E-state index in [9.17, 15) is 9.90 Å². The summed E-state index contributed by atoms with van der Waals surface area (Å²) in [6.45, 7) is 4.01. The number of fused-ring (bicyclic) bond motifs is 1. The molecule has 0 saturated carbocycles. The summed E-state index contributed by atoms with van der Waals surface area (Å²) < 4.78 is 1.81. The standard InChI is InChI=1S/C18H20N4O2/c1-18(2,12-23)21-17(24)15-8-14-10-20-22(16(14)19-9-15)11-13-6-4-3-5-7-13/h3-10,23H,11-12H2,1-2H3,(H,21,24). The fraction of sp³-hybridized carbons (Fsp3) is 0.278. The molecule has 0 radical (unpaired) electrons. The van der Waals surface area contributed by atoms with Gasteiger partial charge in [0.05, 0.1) is 30.5 Å². The zero-order valence-electron chi connectivity index (χ0n) is 13.7. The highest BCUT2D eigenvalue weighted by Gasteiger charge is 2.20. The molecule has 124 valence electrons. The maximum Gasteiger partial charge on any atom is 0.253 e. The summed E-state index contributed by atoms with van der Waals surface area (Å²) in [5, 5.41) is 17.2. The molecule has 0 fully saturated rings. The Kier molecular flexibility index (Phi) is 4.31. The topological polar surface area (TPSA) is 80.0 Å². The second-order valence-electron chi connectivity index (χ2n) is 6.42. The molecule has 24 heavy (non-hydrogen) atoms. The number of carbonyl (C=O) groups is 1. The first-order valence-electron chi connectivity index (χ1n) is 7.77. The smallest absolute Gasteiger partial charge is 0.253 e. The van der Waals surface area contributed by atoms with Crippen LogP contribution in [-0.4, -0.2) is 37.9 Å². The zero-order chi connectivity index (χ0) is 17.2. The SMILES string of the molecule is CC(C)(CO)NC(=O)c1cnc2c(cnn2Cc2ccccc2)c1. The quantitative estimate of drug-likeness (QED) is 0.752. The summed E-state index contributed by atoms with van der Waals surface area (Å²) in [7, 11) is 0. The van der Waals surface area contributed by atoms with Gasteiger partial charge in [-0.1, -0.05) is 30.3 Å². The number of nitrogens with one attached hydrogen (secondary N) is 1. The largest absolute Gasteiger partial charge is 0.394 e. The van der Waals surface area contributed by atoms with Gasteiger partial charge in [-0.15, -0.1) is 0 Å². The number of hydrogen-bond acceptors (Lipinski definition) is 4. The fourth-order valence-electron chi connectivity index (χ4n) is 2.39. The van der Waals surface area contributed by atoms with Gasteiger partial charge in [0.25, 0.3) is 5.91 Å². The molecule has 0 aliphatic carbocycles. The number of amides is 1. The van der Waals surface area contributed by atoms with Crippen molar-refractivity contribution in [3.63, 3.8) is 0 Å². The van der Waals surface area contributed by atoms with Crippen molar-refractivity contribution < 1.29 is 9.90 Å². The van der Waals surface area contributed by atoms with Crippen LogP contribution in [0.4, 0.5) is 0 Å². The molecule has 6 nitrogen and oxygen atoms in total. The van der Waals surface area contributed by atoms with E-state index in [0.717, 1.165) is 16.6 Å². The number of aromatic nitrogens is 3. The van der Waals surface area contributed by atoms with Crippen molar-refractivity contribution in [3.8, 4) is 0 Å². The Bertz CT molecular complexity index is 856. The van der Waals surface area contributed by atoms with Crippen LogP contribution in [0.2, 0.25) is 0 Å². The lowest BCUT2D eigenvalue weighted by molar-refractivity contribution is 0.0869. The molecule has 0 atom stereocenters. The van der Waals surface area contributed by atoms with Gasteiger partial charge in [0.15, 0.2) is 5.65 Å². The Morgan fingerprint density at radius 2 is 2.00 bits per heavy atom. The summed E-state index contributed by atoms with van der Waals surface area (Å²) in [6, 6.07) is 11.8. The first kappa shape index (κ1) is 16.1. The number of nitrogens with zero attached hydrogens (tertiary/aromatic N) is 3. The molecule has 2 aromatic heterocycles. The van der Waals surface area contributed by atoms with E-state index in [1.807, 2.05) is 35.0 Å². The molecule has 3 aromatic rings. The fourth-order valence-corrected chi connectivity index (χ4v) is 2.39. The van der Waals surface area contributed by atoms with Gasteiger partial charge >= 0.3 is 0 Å². The van der Waals surface area contributed by atoms with Gasteiger partial charge in [-0.3, -0.25) is 4.79 Å². The van der Waals surface area contributed by atoms with E-state index < -0.39 is 5.54 Å². The van der Waals surface area contributed by atoms with Crippen LogP contribution in [0.1, 0.15) is 29.8 Å². The third kappa shape index (κ3) is 3.44. The highest BCUT2D eigenvalue weighted by molar-refractivity contribution is 5.97. The van der Waals surface area contributed by atoms with Crippen LogP contribution in [0.25, 0.3) is 11.0 Å². The minimum absolute atomic E-state index is 0.135. The van der Waals surface area contributed by atoms with Gasteiger partial charge < -0.3 is 10.4 Å². The second kappa shape index (κ2) is 6.41. The van der Waals surface area contributed by atoms with Gasteiger partial charge in [0.1, 0.15) is 0 Å². The first-order chi connectivity index (χ1) is 11.5. The highest BCUT2D eigenvalue weighted by Crippen LogP contribution is 2.15. The Morgan fingerprint density at radius 3 is 2.71 bits per heavy atom. The predicted molar refractivity (Wildman–Crippen MR) is 91.7 cm³/mol. The van der Waals surface area contributed by atoms with Gasteiger partial charge in [-0.05, 0) is 25.5 Å². The Labute approximate surface area is 140 Å². The lowest BCUT2D eigenvalue weighted by atomic mass is 10.1. The normalized spacial score (nSPS) is 11.6. The van der Waals surface area contributed by atoms with Crippen LogP contribution in [0, 0.1) is 0 Å². The maximum atomic E-state index is 12.3. The molecule has 0 saturated heterocycles. The van der Waals surface area contributed by atoms with E-state index in [0.29, 0.717) is 12.1 Å². The zero-order valence-corrected chi connectivity index (χ0v) is 13.7. The number of carbonyl (C=O) groups excluding carboxylic acids is 1. The Morgan fingerprint density at radius 1 is 1.25 bits per heavy atom. The van der Waals surface area contributed by atoms with E-state index in [1.54, 1.807) is 26.1 Å². The second-order valence-corrected chi connectivity index (χ2v) is 6.42. The number of aliphatic hydroxyl groups is 1. The molecule has 1 amide bonds. The minimum Gasteiger partial charge on any atom is -0.394 e. The lowest BCUT2D eigenvalue weighted by Crippen LogP contribution is -2.46. The molecule has 0 bridgehead atoms. The molecule has 3 rings (SSSR count). The van der Waals surface area contributed by atoms with Gasteiger partial charge in [-0.25, -0.2) is 9.67 Å². The van der Waals surface area contributed by atoms with Gasteiger partial charge in [0, 0.05) is 11.6 Å². The van der Waals surface area contributed by atoms with E-state index in [4.69, 9.17) is 0 Å². The molecule has 0 aliphatic heterocycles. The van der Waals surface area contributed by atoms with Crippen molar-refractivity contribution in [3.05, 3.63) is 59.9 Å². The number of rotatable bonds is 5. The van der Waals surface area contributed by atoms with Gasteiger partial charge in [-0.2, -0.15) is 5.10 Å². The van der Waals surface area contributed by atoms with E-state index >= 15 is 0 Å². The Balaban J connectivity index is 1.84. The van der Waals surface area contributed by atoms with Crippen LogP contribution in [0.5, 0.6) is 0 Å². The van der Waals surface area contributed by atoms with Crippen LogP contribution >= 0.6 is 0 Å². The van der Waals surface area contributed by atoms with E-state index in [-0.39, 0.29) is 12.5 Å². The average Bonchev–Trinajstić information content (AvgIpc) is 2.97. The molecule has 0 spiro atoms. The lowest BCUT2D eigenvalue weighted by Gasteiger charge is -2.23. The van der Waals surface area contributed by atoms with Crippen molar-refractivity contribution in [1.29, 1.82) is 0 Å². The Hall–Kier alpha value is -2.73. The van der Waals surface area contributed by atoms with E-state index in [1.165, 1.54) is 6.20 Å². The molecule has 2 N–H and O–H groups in total. The third-order valence-electron chi connectivity index (χ3n) is 3.76. The van der Waals surface area contributed by atoms with Crippen LogP contribution < -0.4 is 5.32 Å². The maximum absolute atomic E-state index is 12.3. The van der Waals surface area contributed by atoms with Crippen LogP contribution in [0.3, 0.4) is 0 Å². The van der Waals surface area contributed by atoms with E-state index in [2.05, 4.69) is 15.4 Å². The van der Waals surface area contributed by atoms with Crippen molar-refractivity contribution in [2.45, 2.75) is 25.9 Å². The summed E-state index contributed by atoms with van der Waals surface area (Å²) in [5.41, 5.74) is 1.64. The number of benzene rings is 1. The van der Waals surface area contributed by atoms with Crippen LogP contribution in [-0.2, 0) is 6.54 Å². The van der Waals surface area contributed by atoms with Gasteiger partial charge in [0.2, 0.25) is 0 Å². The summed E-state index contributed by atoms with van der Waals surface area (Å²) in [5.74, 6) is -0.265.